The first kappa shape index (κ1) is 24.2. The molecule has 0 spiro atoms. The molecule has 1 atom stereocenters. The van der Waals surface area contributed by atoms with Crippen LogP contribution < -0.4 is 10.6 Å². The van der Waals surface area contributed by atoms with E-state index in [0.29, 0.717) is 37.4 Å². The van der Waals surface area contributed by atoms with Crippen LogP contribution in [0.1, 0.15) is 18.1 Å². The Morgan fingerprint density at radius 3 is 2.42 bits per heavy atom. The lowest BCUT2D eigenvalue weighted by molar-refractivity contribution is -0.137. The molecular weight excluding hydrogens is 435 g/mol. The molecule has 0 radical (unpaired) electrons. The summed E-state index contributed by atoms with van der Waals surface area (Å²) in [6.07, 6.45) is -4.55. The lowest BCUT2D eigenvalue weighted by atomic mass is 10.1. The summed E-state index contributed by atoms with van der Waals surface area (Å²) in [5.41, 5.74) is -0.159. The van der Waals surface area contributed by atoms with E-state index in [2.05, 4.69) is 10.6 Å². The summed E-state index contributed by atoms with van der Waals surface area (Å²) < 4.78 is 39.3. The molecule has 7 nitrogen and oxygen atoms in total. The van der Waals surface area contributed by atoms with E-state index >= 15 is 0 Å². The SMILES string of the molecule is CC(C(=O)Nc1cccc(C#N)c1)N1CCN(CC(=O)Nc2ccccc2C(F)(F)F)CC1. The number of nitriles is 1. The van der Waals surface area contributed by atoms with Gasteiger partial charge in [0.1, 0.15) is 0 Å². The van der Waals surface area contributed by atoms with Gasteiger partial charge in [-0.25, -0.2) is 0 Å². The van der Waals surface area contributed by atoms with Crippen LogP contribution in [0.2, 0.25) is 0 Å². The topological polar surface area (TPSA) is 88.5 Å². The molecule has 1 aliphatic rings. The zero-order chi connectivity index (χ0) is 24.0. The lowest BCUT2D eigenvalue weighted by Crippen LogP contribution is -2.53. The van der Waals surface area contributed by atoms with Gasteiger partial charge in [0.15, 0.2) is 0 Å². The molecule has 0 aromatic heterocycles. The number of nitrogens with zero attached hydrogens (tertiary/aromatic N) is 3. The highest BCUT2D eigenvalue weighted by Gasteiger charge is 2.34. The summed E-state index contributed by atoms with van der Waals surface area (Å²) in [5.74, 6) is -0.733. The smallest absolute Gasteiger partial charge is 0.325 e. The maximum atomic E-state index is 13.1. The van der Waals surface area contributed by atoms with Crippen LogP contribution in [0.15, 0.2) is 48.5 Å². The quantitative estimate of drug-likeness (QED) is 0.693. The second kappa shape index (κ2) is 10.5. The van der Waals surface area contributed by atoms with Crippen LogP contribution in [0.3, 0.4) is 0 Å². The Bertz CT molecular complexity index is 1040. The number of piperazine rings is 1. The van der Waals surface area contributed by atoms with E-state index < -0.39 is 23.7 Å². The first-order chi connectivity index (χ1) is 15.7. The molecule has 0 bridgehead atoms. The molecule has 3 rings (SSSR count). The van der Waals surface area contributed by atoms with Crippen LogP contribution in [0, 0.1) is 11.3 Å². The van der Waals surface area contributed by atoms with Crippen LogP contribution in [-0.2, 0) is 15.8 Å². The van der Waals surface area contributed by atoms with Crippen LogP contribution in [0.25, 0.3) is 0 Å². The van der Waals surface area contributed by atoms with E-state index in [0.717, 1.165) is 6.07 Å². The average molecular weight is 459 g/mol. The molecule has 1 unspecified atom stereocenters. The number of hydrogen-bond acceptors (Lipinski definition) is 5. The third-order valence-electron chi connectivity index (χ3n) is 5.47. The Labute approximate surface area is 189 Å². The summed E-state index contributed by atoms with van der Waals surface area (Å²) in [6, 6.07) is 13.1. The van der Waals surface area contributed by atoms with E-state index in [-0.39, 0.29) is 18.1 Å². The maximum absolute atomic E-state index is 13.1. The number of hydrogen-bond donors (Lipinski definition) is 2. The summed E-state index contributed by atoms with van der Waals surface area (Å²) in [7, 11) is 0. The highest BCUT2D eigenvalue weighted by molar-refractivity contribution is 5.95. The monoisotopic (exact) mass is 459 g/mol. The van der Waals surface area contributed by atoms with Gasteiger partial charge in [-0.2, -0.15) is 18.4 Å². The number of alkyl halides is 3. The molecule has 2 amide bonds. The zero-order valence-electron chi connectivity index (χ0n) is 18.0. The van der Waals surface area contributed by atoms with Gasteiger partial charge in [-0.1, -0.05) is 18.2 Å². The molecule has 1 aliphatic heterocycles. The number of benzene rings is 2. The van der Waals surface area contributed by atoms with Crippen molar-refractivity contribution in [3.63, 3.8) is 0 Å². The third-order valence-corrected chi connectivity index (χ3v) is 5.47. The molecule has 1 saturated heterocycles. The van der Waals surface area contributed by atoms with Gasteiger partial charge in [0, 0.05) is 31.9 Å². The number of anilines is 2. The number of carbonyl (C=O) groups excluding carboxylic acids is 2. The molecule has 2 N–H and O–H groups in total. The second-order valence-electron chi connectivity index (χ2n) is 7.76. The summed E-state index contributed by atoms with van der Waals surface area (Å²) in [6.45, 7) is 3.78. The largest absolute Gasteiger partial charge is 0.418 e. The molecule has 0 saturated carbocycles. The molecule has 2 aromatic rings. The van der Waals surface area contributed by atoms with E-state index in [1.54, 1.807) is 31.2 Å². The van der Waals surface area contributed by atoms with Crippen molar-refractivity contribution in [3.8, 4) is 6.07 Å². The van der Waals surface area contributed by atoms with E-state index in [1.165, 1.54) is 18.2 Å². The van der Waals surface area contributed by atoms with E-state index in [1.807, 2.05) is 15.9 Å². The lowest BCUT2D eigenvalue weighted by Gasteiger charge is -2.37. The predicted molar refractivity (Wildman–Crippen MR) is 117 cm³/mol. The average Bonchev–Trinajstić information content (AvgIpc) is 2.78. The van der Waals surface area contributed by atoms with E-state index in [4.69, 9.17) is 5.26 Å². The zero-order valence-corrected chi connectivity index (χ0v) is 18.0. The van der Waals surface area contributed by atoms with Crippen molar-refractivity contribution in [1.82, 2.24) is 9.80 Å². The Kier molecular flexibility index (Phi) is 7.68. The molecule has 33 heavy (non-hydrogen) atoms. The minimum Gasteiger partial charge on any atom is -0.325 e. The Balaban J connectivity index is 1.49. The highest BCUT2D eigenvalue weighted by Crippen LogP contribution is 2.34. The summed E-state index contributed by atoms with van der Waals surface area (Å²) in [4.78, 5) is 28.7. The Morgan fingerprint density at radius 1 is 1.06 bits per heavy atom. The number of rotatable bonds is 6. The van der Waals surface area contributed by atoms with Crippen LogP contribution in [0.4, 0.5) is 24.5 Å². The van der Waals surface area contributed by atoms with Gasteiger partial charge in [-0.3, -0.25) is 19.4 Å². The third kappa shape index (κ3) is 6.54. The van der Waals surface area contributed by atoms with Crippen molar-refractivity contribution < 1.29 is 22.8 Å². The fourth-order valence-corrected chi connectivity index (χ4v) is 3.62. The van der Waals surface area contributed by atoms with Crippen LogP contribution >= 0.6 is 0 Å². The van der Waals surface area contributed by atoms with E-state index in [9.17, 15) is 22.8 Å². The van der Waals surface area contributed by atoms with Crippen molar-refractivity contribution in [1.29, 1.82) is 5.26 Å². The molecule has 1 fully saturated rings. The maximum Gasteiger partial charge on any atom is 0.418 e. The van der Waals surface area contributed by atoms with Crippen molar-refractivity contribution in [2.45, 2.75) is 19.1 Å². The molecule has 10 heteroatoms. The molecule has 174 valence electrons. The molecule has 2 aromatic carbocycles. The molecular formula is C23H24F3N5O2. The number of amides is 2. The van der Waals surface area contributed by atoms with Gasteiger partial charge in [-0.05, 0) is 37.3 Å². The second-order valence-corrected chi connectivity index (χ2v) is 7.76. The highest BCUT2D eigenvalue weighted by atomic mass is 19.4. The summed E-state index contributed by atoms with van der Waals surface area (Å²) >= 11 is 0. The van der Waals surface area contributed by atoms with Gasteiger partial charge in [0.25, 0.3) is 0 Å². The van der Waals surface area contributed by atoms with Crippen molar-refractivity contribution in [2.24, 2.45) is 0 Å². The number of nitrogens with one attached hydrogen (secondary N) is 2. The molecule has 1 heterocycles. The van der Waals surface area contributed by atoms with Crippen molar-refractivity contribution in [2.75, 3.05) is 43.4 Å². The van der Waals surface area contributed by atoms with Gasteiger partial charge >= 0.3 is 6.18 Å². The minimum absolute atomic E-state index is 0.0401. The predicted octanol–water partition coefficient (Wildman–Crippen LogP) is 3.16. The van der Waals surface area contributed by atoms with Gasteiger partial charge < -0.3 is 10.6 Å². The number of para-hydroxylation sites is 1. The van der Waals surface area contributed by atoms with Gasteiger partial charge in [0.2, 0.25) is 11.8 Å². The number of carbonyl (C=O) groups is 2. The van der Waals surface area contributed by atoms with Crippen molar-refractivity contribution >= 4 is 23.2 Å². The Morgan fingerprint density at radius 2 is 1.76 bits per heavy atom. The minimum atomic E-state index is -4.55. The molecule has 0 aliphatic carbocycles. The Hall–Kier alpha value is -3.42. The fourth-order valence-electron chi connectivity index (χ4n) is 3.62. The standard InChI is InChI=1S/C23H24F3N5O2/c1-16(22(33)28-18-6-4-5-17(13-18)14-27)31-11-9-30(10-12-31)15-21(32)29-20-8-3-2-7-19(20)23(24,25)26/h2-8,13,16H,9-12,15H2,1H3,(H,28,33)(H,29,32). The van der Waals surface area contributed by atoms with Crippen molar-refractivity contribution in [3.05, 3.63) is 59.7 Å². The fraction of sp³-hybridized carbons (Fsp3) is 0.348. The first-order valence-corrected chi connectivity index (χ1v) is 10.4. The van der Waals surface area contributed by atoms with Crippen LogP contribution in [0.5, 0.6) is 0 Å². The first-order valence-electron chi connectivity index (χ1n) is 10.4. The normalized spacial score (nSPS) is 16.0. The number of halogens is 3. The summed E-state index contributed by atoms with van der Waals surface area (Å²) in [5, 5.41) is 14.1. The van der Waals surface area contributed by atoms with Crippen LogP contribution in [-0.4, -0.2) is 60.4 Å². The van der Waals surface area contributed by atoms with Gasteiger partial charge in [0.05, 0.1) is 35.5 Å². The van der Waals surface area contributed by atoms with Gasteiger partial charge in [-0.15, -0.1) is 0 Å².